The van der Waals surface area contributed by atoms with Crippen LogP contribution in [-0.2, 0) is 0 Å². The summed E-state index contributed by atoms with van der Waals surface area (Å²) in [5.41, 5.74) is 5.59. The number of rotatable bonds is 5. The first-order valence-electron chi connectivity index (χ1n) is 5.91. The number of primary amides is 1. The molecule has 8 heteroatoms. The number of nitro groups is 1. The highest BCUT2D eigenvalue weighted by molar-refractivity contribution is 5.95. The van der Waals surface area contributed by atoms with E-state index in [-0.39, 0.29) is 17.1 Å². The van der Waals surface area contributed by atoms with Crippen LogP contribution in [0.15, 0.2) is 36.5 Å². The molecule has 0 aliphatic rings. The van der Waals surface area contributed by atoms with E-state index >= 15 is 0 Å². The summed E-state index contributed by atoms with van der Waals surface area (Å²) in [4.78, 5) is 25.2. The molecule has 0 unspecified atom stereocenters. The van der Waals surface area contributed by atoms with Crippen molar-refractivity contribution in [2.24, 2.45) is 5.73 Å². The number of carbonyl (C=O) groups excluding carboxylic acids is 1. The first-order chi connectivity index (χ1) is 10.0. The molecule has 8 nitrogen and oxygen atoms in total. The molecular formula is C13H12N4O4. The third kappa shape index (κ3) is 3.24. The van der Waals surface area contributed by atoms with Gasteiger partial charge >= 0.3 is 0 Å². The van der Waals surface area contributed by atoms with Crippen molar-refractivity contribution in [2.45, 2.75) is 0 Å². The highest BCUT2D eigenvalue weighted by Crippen LogP contribution is 2.26. The summed E-state index contributed by atoms with van der Waals surface area (Å²) in [6.45, 7) is 0. The van der Waals surface area contributed by atoms with Crippen molar-refractivity contribution in [1.29, 1.82) is 0 Å². The Hall–Kier alpha value is -3.16. The Morgan fingerprint density at radius 2 is 2.05 bits per heavy atom. The van der Waals surface area contributed by atoms with Gasteiger partial charge in [0, 0.05) is 18.8 Å². The second-order valence-corrected chi connectivity index (χ2v) is 4.04. The standard InChI is InChI=1S/C13H12N4O4/c1-15-8-2-4-10(5-3-8)21-13-11(12(14)18)6-9(7-16-13)17(19)20/h2-7,15H,1H3,(H2,14,18). The molecule has 21 heavy (non-hydrogen) atoms. The van der Waals surface area contributed by atoms with Crippen molar-refractivity contribution < 1.29 is 14.5 Å². The van der Waals surface area contributed by atoms with Crippen molar-refractivity contribution in [1.82, 2.24) is 4.98 Å². The van der Waals surface area contributed by atoms with Gasteiger partial charge in [-0.1, -0.05) is 0 Å². The van der Waals surface area contributed by atoms with Gasteiger partial charge in [-0.3, -0.25) is 14.9 Å². The van der Waals surface area contributed by atoms with E-state index in [0.717, 1.165) is 18.0 Å². The van der Waals surface area contributed by atoms with Crippen molar-refractivity contribution in [3.8, 4) is 11.6 Å². The second kappa shape index (κ2) is 5.87. The zero-order chi connectivity index (χ0) is 15.4. The van der Waals surface area contributed by atoms with Crippen LogP contribution >= 0.6 is 0 Å². The van der Waals surface area contributed by atoms with Crippen molar-refractivity contribution in [3.63, 3.8) is 0 Å². The Kier molecular flexibility index (Phi) is 3.98. The van der Waals surface area contributed by atoms with Crippen LogP contribution in [0.25, 0.3) is 0 Å². The minimum Gasteiger partial charge on any atom is -0.438 e. The van der Waals surface area contributed by atoms with E-state index in [1.54, 1.807) is 31.3 Å². The van der Waals surface area contributed by atoms with E-state index in [4.69, 9.17) is 10.5 Å². The molecule has 0 aliphatic carbocycles. The number of anilines is 1. The lowest BCUT2D eigenvalue weighted by atomic mass is 10.2. The number of nitrogens with zero attached hydrogens (tertiary/aromatic N) is 2. The number of nitrogens with two attached hydrogens (primary N) is 1. The lowest BCUT2D eigenvalue weighted by molar-refractivity contribution is -0.385. The fraction of sp³-hybridized carbons (Fsp3) is 0.0769. The van der Waals surface area contributed by atoms with Gasteiger partial charge in [0.15, 0.2) is 0 Å². The molecule has 0 fully saturated rings. The van der Waals surface area contributed by atoms with Gasteiger partial charge in [-0.15, -0.1) is 0 Å². The number of nitrogens with one attached hydrogen (secondary N) is 1. The molecule has 0 bridgehead atoms. The molecule has 1 aromatic heterocycles. The van der Waals surface area contributed by atoms with Gasteiger partial charge in [0.2, 0.25) is 5.88 Å². The van der Waals surface area contributed by atoms with Gasteiger partial charge < -0.3 is 15.8 Å². The summed E-state index contributed by atoms with van der Waals surface area (Å²) >= 11 is 0. The predicted molar refractivity (Wildman–Crippen MR) is 75.5 cm³/mol. The normalized spacial score (nSPS) is 9.95. The fourth-order valence-electron chi connectivity index (χ4n) is 1.60. The van der Waals surface area contributed by atoms with Crippen LogP contribution in [0.5, 0.6) is 11.6 Å². The maximum atomic E-state index is 11.4. The first kappa shape index (κ1) is 14.3. The summed E-state index contributed by atoms with van der Waals surface area (Å²) < 4.78 is 5.44. The molecule has 3 N–H and O–H groups in total. The minimum absolute atomic E-state index is 0.0784. The van der Waals surface area contributed by atoms with Crippen LogP contribution in [0.3, 0.4) is 0 Å². The average Bonchev–Trinajstić information content (AvgIpc) is 2.48. The molecule has 1 aromatic carbocycles. The van der Waals surface area contributed by atoms with Gasteiger partial charge in [-0.2, -0.15) is 0 Å². The smallest absolute Gasteiger partial charge is 0.288 e. The minimum atomic E-state index is -0.854. The van der Waals surface area contributed by atoms with E-state index < -0.39 is 10.8 Å². The molecule has 0 radical (unpaired) electrons. The maximum absolute atomic E-state index is 11.4. The third-order valence-electron chi connectivity index (χ3n) is 2.67. The largest absolute Gasteiger partial charge is 0.438 e. The molecule has 1 amide bonds. The number of amides is 1. The molecular weight excluding hydrogens is 276 g/mol. The number of hydrogen-bond donors (Lipinski definition) is 2. The molecule has 108 valence electrons. The van der Waals surface area contributed by atoms with E-state index in [1.165, 1.54) is 0 Å². The summed E-state index contributed by atoms with van der Waals surface area (Å²) in [7, 11) is 1.78. The van der Waals surface area contributed by atoms with Crippen LogP contribution < -0.4 is 15.8 Å². The topological polar surface area (TPSA) is 120 Å². The molecule has 0 spiro atoms. The Balaban J connectivity index is 2.34. The van der Waals surface area contributed by atoms with Gasteiger partial charge in [0.05, 0.1) is 4.92 Å². The van der Waals surface area contributed by atoms with Crippen LogP contribution in [0.2, 0.25) is 0 Å². The average molecular weight is 288 g/mol. The number of benzene rings is 1. The third-order valence-corrected chi connectivity index (χ3v) is 2.67. The molecule has 1 heterocycles. The molecule has 0 aliphatic heterocycles. The van der Waals surface area contributed by atoms with Gasteiger partial charge in [0.25, 0.3) is 11.6 Å². The summed E-state index contributed by atoms with van der Waals surface area (Å²) in [6.07, 6.45) is 1.00. The quantitative estimate of drug-likeness (QED) is 0.640. The number of hydrogen-bond acceptors (Lipinski definition) is 6. The van der Waals surface area contributed by atoms with E-state index in [2.05, 4.69) is 10.3 Å². The molecule has 0 saturated heterocycles. The number of ether oxygens (including phenoxy) is 1. The molecule has 0 atom stereocenters. The molecule has 2 rings (SSSR count). The zero-order valence-electron chi connectivity index (χ0n) is 11.1. The van der Waals surface area contributed by atoms with Crippen LogP contribution in [-0.4, -0.2) is 22.9 Å². The maximum Gasteiger partial charge on any atom is 0.288 e. The zero-order valence-corrected chi connectivity index (χ0v) is 11.1. The van der Waals surface area contributed by atoms with Crippen molar-refractivity contribution in [3.05, 3.63) is 52.2 Å². The lowest BCUT2D eigenvalue weighted by Crippen LogP contribution is -2.13. The number of pyridine rings is 1. The van der Waals surface area contributed by atoms with Crippen LogP contribution in [0.4, 0.5) is 11.4 Å². The molecule has 0 saturated carbocycles. The van der Waals surface area contributed by atoms with E-state index in [1.807, 2.05) is 0 Å². The highest BCUT2D eigenvalue weighted by atomic mass is 16.6. The molecule has 2 aromatic rings. The Bertz CT molecular complexity index is 685. The van der Waals surface area contributed by atoms with Crippen LogP contribution in [0, 0.1) is 10.1 Å². The van der Waals surface area contributed by atoms with Crippen molar-refractivity contribution in [2.75, 3.05) is 12.4 Å². The predicted octanol–water partition coefficient (Wildman–Crippen LogP) is 1.92. The fourth-order valence-corrected chi connectivity index (χ4v) is 1.60. The number of aromatic nitrogens is 1. The van der Waals surface area contributed by atoms with E-state index in [0.29, 0.717) is 5.75 Å². The van der Waals surface area contributed by atoms with Gasteiger partial charge in [-0.05, 0) is 24.3 Å². The lowest BCUT2D eigenvalue weighted by Gasteiger charge is -2.08. The summed E-state index contributed by atoms with van der Waals surface area (Å²) in [6, 6.07) is 7.90. The van der Waals surface area contributed by atoms with Crippen molar-refractivity contribution >= 4 is 17.3 Å². The van der Waals surface area contributed by atoms with Gasteiger partial charge in [-0.25, -0.2) is 4.98 Å². The van der Waals surface area contributed by atoms with E-state index in [9.17, 15) is 14.9 Å². The Morgan fingerprint density at radius 3 is 2.57 bits per heavy atom. The summed E-state index contributed by atoms with van der Waals surface area (Å²) in [5, 5.41) is 13.6. The number of carbonyl (C=O) groups is 1. The highest BCUT2D eigenvalue weighted by Gasteiger charge is 2.17. The van der Waals surface area contributed by atoms with Gasteiger partial charge in [0.1, 0.15) is 17.5 Å². The van der Waals surface area contributed by atoms with Crippen LogP contribution in [0.1, 0.15) is 10.4 Å². The Labute approximate surface area is 119 Å². The SMILES string of the molecule is CNc1ccc(Oc2ncc([N+](=O)[O-])cc2C(N)=O)cc1. The second-order valence-electron chi connectivity index (χ2n) is 4.04. The monoisotopic (exact) mass is 288 g/mol. The first-order valence-corrected chi connectivity index (χ1v) is 5.91. The Morgan fingerprint density at radius 1 is 1.38 bits per heavy atom. The summed E-state index contributed by atoms with van der Waals surface area (Å²) in [5.74, 6) is -0.504.